The van der Waals surface area contributed by atoms with E-state index >= 15 is 0 Å². The molecule has 0 bridgehead atoms. The maximum atomic E-state index is 9.92. The molecule has 2 nitrogen and oxygen atoms in total. The molecule has 0 atom stereocenters. The minimum atomic E-state index is 0. The molecule has 2 rings (SSSR count). The molecule has 0 aliphatic heterocycles. The molecule has 0 unspecified atom stereocenters. The van der Waals surface area contributed by atoms with E-state index in [1.54, 1.807) is 0 Å². The smallest absolute Gasteiger partial charge is 0.303 e. The van der Waals surface area contributed by atoms with Crippen LogP contribution < -0.4 is 0 Å². The molecule has 0 fully saturated rings. The van der Waals surface area contributed by atoms with Crippen molar-refractivity contribution >= 4 is 11.4 Å². The molecule has 0 amide bonds. The van der Waals surface area contributed by atoms with Crippen LogP contribution in [0.1, 0.15) is 190 Å². The zero-order chi connectivity index (χ0) is 33.4. The third-order valence-corrected chi connectivity index (χ3v) is 9.37. The topological polar surface area (TPSA) is 36.4 Å². The third-order valence-electron chi connectivity index (χ3n) is 9.37. The summed E-state index contributed by atoms with van der Waals surface area (Å²) < 4.78 is 0. The molecule has 2 aromatic carbocycles. The van der Waals surface area contributed by atoms with Crippen molar-refractivity contribution in [2.75, 3.05) is 0 Å². The zero-order valence-corrected chi connectivity index (χ0v) is 32.2. The number of unbranched alkanes of at least 4 members (excludes halogenated alkanes) is 10. The quantitative estimate of drug-likeness (QED) is 0.0249. The molecule has 0 saturated heterocycles. The molecule has 264 valence electrons. The molecule has 0 aromatic heterocycles. The van der Waals surface area contributed by atoms with Crippen LogP contribution >= 0.6 is 0 Å². The van der Waals surface area contributed by atoms with Crippen LogP contribution in [0.5, 0.6) is 0 Å². The van der Waals surface area contributed by atoms with Gasteiger partial charge in [-0.3, -0.25) is 0 Å². The van der Waals surface area contributed by atoms with Gasteiger partial charge in [0, 0.05) is 16.5 Å². The van der Waals surface area contributed by atoms with E-state index in [1.165, 1.54) is 128 Å². The predicted molar refractivity (Wildman–Crippen MR) is 203 cm³/mol. The van der Waals surface area contributed by atoms with Gasteiger partial charge in [0.1, 0.15) is 0 Å². The van der Waals surface area contributed by atoms with Crippen molar-refractivity contribution in [2.45, 2.75) is 183 Å². The first-order chi connectivity index (χ1) is 22.5. The van der Waals surface area contributed by atoms with Crippen LogP contribution in [0.2, 0.25) is 0 Å². The summed E-state index contributed by atoms with van der Waals surface area (Å²) in [7, 11) is 0. The van der Waals surface area contributed by atoms with Crippen molar-refractivity contribution in [1.29, 1.82) is 0 Å². The van der Waals surface area contributed by atoms with Gasteiger partial charge in [-0.2, -0.15) is 0 Å². The summed E-state index contributed by atoms with van der Waals surface area (Å²) in [5.74, 6) is 3.14. The maximum Gasteiger partial charge on any atom is 0.303 e. The van der Waals surface area contributed by atoms with Crippen molar-refractivity contribution < 1.29 is 21.3 Å². The molecule has 0 N–H and O–H groups in total. The van der Waals surface area contributed by atoms with Gasteiger partial charge >= 0.3 is 5.87 Å². The number of nitrogens with zero attached hydrogens (tertiary/aromatic N) is 2. The minimum Gasteiger partial charge on any atom is -0.348 e. The summed E-state index contributed by atoms with van der Waals surface area (Å²) in [6.45, 7) is 13.7. The van der Waals surface area contributed by atoms with Crippen molar-refractivity contribution in [1.82, 2.24) is 0 Å². The van der Waals surface area contributed by atoms with Crippen molar-refractivity contribution in [3.63, 3.8) is 0 Å². The second-order valence-corrected chi connectivity index (χ2v) is 13.7. The molecule has 47 heavy (non-hydrogen) atoms. The van der Waals surface area contributed by atoms with Crippen LogP contribution in [0.4, 0.5) is 0 Å². The molecule has 3 heteroatoms. The number of hydrogen-bond acceptors (Lipinski definition) is 0. The first kappa shape index (κ1) is 42.9. The van der Waals surface area contributed by atoms with E-state index in [2.05, 4.69) is 88.6 Å². The van der Waals surface area contributed by atoms with E-state index in [9.17, 15) is 5.53 Å². The zero-order valence-electron chi connectivity index (χ0n) is 31.2. The Balaban J connectivity index is 0.0000110. The van der Waals surface area contributed by atoms with Gasteiger partial charge in [-0.05, 0) is 122 Å². The fraction of sp³-hybridized carbons (Fsp3) is 0.636. The number of allylic oxidation sites excluding steroid dienone is 2. The Bertz CT molecular complexity index is 1210. The summed E-state index contributed by atoms with van der Waals surface area (Å²) in [5, 5.41) is 0. The van der Waals surface area contributed by atoms with Gasteiger partial charge in [0.15, 0.2) is 0 Å². The van der Waals surface area contributed by atoms with E-state index in [-0.39, 0.29) is 16.5 Å². The van der Waals surface area contributed by atoms with E-state index in [4.69, 9.17) is 0 Å². The number of benzene rings is 2. The van der Waals surface area contributed by atoms with Gasteiger partial charge in [-0.15, -0.1) is 4.79 Å². The largest absolute Gasteiger partial charge is 0.348 e. The Hall–Kier alpha value is -2.17. The summed E-state index contributed by atoms with van der Waals surface area (Å²) in [6, 6.07) is 15.0. The van der Waals surface area contributed by atoms with E-state index in [0.29, 0.717) is 0 Å². The predicted octanol–water partition coefficient (Wildman–Crippen LogP) is 13.6. The summed E-state index contributed by atoms with van der Waals surface area (Å²) in [4.78, 5) is 3.56. The van der Waals surface area contributed by atoms with Gasteiger partial charge < -0.3 is 5.53 Å². The molecule has 0 aliphatic rings. The number of rotatable bonds is 25. The molecule has 0 radical (unpaired) electrons. The minimum absolute atomic E-state index is 0. The summed E-state index contributed by atoms with van der Waals surface area (Å²) in [5.41, 5.74) is 22.3. The van der Waals surface area contributed by atoms with Gasteiger partial charge in [-0.1, -0.05) is 142 Å². The fourth-order valence-corrected chi connectivity index (χ4v) is 6.67. The third kappa shape index (κ3) is 16.2. The Labute approximate surface area is 300 Å². The molecular formula is C44H68N2Ni. The first-order valence-corrected chi connectivity index (χ1v) is 19.5. The van der Waals surface area contributed by atoms with Crippen molar-refractivity contribution in [3.05, 3.63) is 86.5 Å². The van der Waals surface area contributed by atoms with Crippen molar-refractivity contribution in [3.8, 4) is 0 Å². The second kappa shape index (κ2) is 26.7. The summed E-state index contributed by atoms with van der Waals surface area (Å²) >= 11 is 0. The second-order valence-electron chi connectivity index (χ2n) is 13.7. The average Bonchev–Trinajstić information content (AvgIpc) is 3.06. The molecule has 0 saturated carbocycles. The number of aryl methyl sites for hydroxylation is 4. The Morgan fingerprint density at radius 2 is 0.894 bits per heavy atom. The standard InChI is InChI=1S/C44H68N2.Ni/c1-7-13-19-22-27-40(35-46-45)43(28-18-12-6)44(41-31-36(23-16-10-4)29-37(32-41)24-17-11-5)42-33-38(25-20-14-8-2)30-39(34-42)26-21-15-9-3;/h29-34H,7-28H2,1-6H3;. The maximum absolute atomic E-state index is 9.92. The average molecular weight is 684 g/mol. The Morgan fingerprint density at radius 1 is 0.489 bits per heavy atom. The molecule has 2 aromatic rings. The van der Waals surface area contributed by atoms with Crippen LogP contribution in [0.3, 0.4) is 0 Å². The molecule has 0 spiro atoms. The van der Waals surface area contributed by atoms with Gasteiger partial charge in [0.2, 0.25) is 0 Å². The SMILES string of the molecule is CCCCCCC(=C=[N+]=[N-])C(CCCC)=C(c1cc(CCCC)cc(CCCC)c1)c1cc(CCCCC)cc(CCCCC)c1.[Ni]. The van der Waals surface area contributed by atoms with E-state index in [1.807, 2.05) is 0 Å². The summed E-state index contributed by atoms with van der Waals surface area (Å²) in [6.07, 6.45) is 25.8. The van der Waals surface area contributed by atoms with E-state index in [0.717, 1.165) is 63.4 Å². The monoisotopic (exact) mass is 682 g/mol. The Kier molecular flexibility index (Phi) is 24.4. The van der Waals surface area contributed by atoms with Crippen LogP contribution in [0.15, 0.2) is 47.5 Å². The van der Waals surface area contributed by atoms with Gasteiger partial charge in [0.05, 0.1) is 5.57 Å². The number of hydrogen-bond donors (Lipinski definition) is 0. The van der Waals surface area contributed by atoms with Crippen LogP contribution in [-0.4, -0.2) is 10.7 Å². The first-order valence-electron chi connectivity index (χ1n) is 19.5. The van der Waals surface area contributed by atoms with Crippen molar-refractivity contribution in [2.24, 2.45) is 0 Å². The fourth-order valence-electron chi connectivity index (χ4n) is 6.67. The molecule has 0 heterocycles. The van der Waals surface area contributed by atoms with Gasteiger partial charge in [-0.25, -0.2) is 0 Å². The van der Waals surface area contributed by atoms with Crippen LogP contribution in [0.25, 0.3) is 11.1 Å². The van der Waals surface area contributed by atoms with Crippen LogP contribution in [-0.2, 0) is 42.2 Å². The van der Waals surface area contributed by atoms with Crippen LogP contribution in [0, 0.1) is 0 Å². The Morgan fingerprint density at radius 3 is 1.30 bits per heavy atom. The van der Waals surface area contributed by atoms with Gasteiger partial charge in [0.25, 0.3) is 0 Å². The normalized spacial score (nSPS) is 11.4. The van der Waals surface area contributed by atoms with E-state index < -0.39 is 0 Å². The molecular weight excluding hydrogens is 615 g/mol. The molecule has 0 aliphatic carbocycles.